The lowest BCUT2D eigenvalue weighted by atomic mass is 9.93. The van der Waals surface area contributed by atoms with E-state index in [1.54, 1.807) is 0 Å². The second-order valence-electron chi connectivity index (χ2n) is 5.40. The third kappa shape index (κ3) is 5.21. The topological polar surface area (TPSA) is 49.8 Å². The minimum absolute atomic E-state index is 0.291. The Hall–Kier alpha value is -1.55. The zero-order chi connectivity index (χ0) is 14.2. The van der Waals surface area contributed by atoms with E-state index in [0.717, 1.165) is 44.6 Å². The Morgan fingerprint density at radius 3 is 2.90 bits per heavy atom. The van der Waals surface area contributed by atoms with Crippen molar-refractivity contribution in [3.05, 3.63) is 30.3 Å². The Balaban J connectivity index is 1.66. The number of hydrogen-bond acceptors (Lipinski definition) is 3. The average molecular weight is 277 g/mol. The van der Waals surface area contributed by atoms with Crippen molar-refractivity contribution in [1.29, 1.82) is 0 Å². The number of carbonyl (C=O) groups is 1. The van der Waals surface area contributed by atoms with Crippen LogP contribution in [-0.2, 0) is 4.79 Å². The molecule has 110 valence electrons. The number of carboxylic acid groups (broad SMARTS) is 1. The Kier molecular flexibility index (Phi) is 5.87. The summed E-state index contributed by atoms with van der Waals surface area (Å²) in [5.41, 5.74) is 0. The molecule has 1 aromatic rings. The highest BCUT2D eigenvalue weighted by Crippen LogP contribution is 2.20. The molecular formula is C16H23NO3. The first kappa shape index (κ1) is 14.9. The van der Waals surface area contributed by atoms with Crippen LogP contribution in [-0.4, -0.2) is 42.2 Å². The summed E-state index contributed by atoms with van der Waals surface area (Å²) in [5.74, 6) is 0.748. The van der Waals surface area contributed by atoms with E-state index < -0.39 is 5.97 Å². The van der Waals surface area contributed by atoms with Gasteiger partial charge < -0.3 is 9.84 Å². The fourth-order valence-electron chi connectivity index (χ4n) is 2.73. The summed E-state index contributed by atoms with van der Waals surface area (Å²) in [6.45, 7) is 3.71. The smallest absolute Gasteiger partial charge is 0.303 e. The number of likely N-dealkylation sites (tertiary alicyclic amines) is 1. The minimum Gasteiger partial charge on any atom is -0.492 e. The summed E-state index contributed by atoms with van der Waals surface area (Å²) in [6.07, 6.45) is 3.41. The SMILES string of the molecule is O=C(O)CCC1CCCN(CCOc2ccccc2)C1. The first-order valence-electron chi connectivity index (χ1n) is 7.36. The molecule has 1 saturated heterocycles. The molecule has 4 heteroatoms. The lowest BCUT2D eigenvalue weighted by Gasteiger charge is -2.32. The Morgan fingerprint density at radius 1 is 1.35 bits per heavy atom. The number of carboxylic acids is 1. The van der Waals surface area contributed by atoms with Crippen molar-refractivity contribution in [2.24, 2.45) is 5.92 Å². The zero-order valence-electron chi connectivity index (χ0n) is 11.8. The quantitative estimate of drug-likeness (QED) is 0.832. The summed E-state index contributed by atoms with van der Waals surface area (Å²) >= 11 is 0. The van der Waals surface area contributed by atoms with Gasteiger partial charge in [0.1, 0.15) is 12.4 Å². The van der Waals surface area contributed by atoms with Crippen LogP contribution in [0.3, 0.4) is 0 Å². The molecule has 1 N–H and O–H groups in total. The first-order chi connectivity index (χ1) is 9.74. The van der Waals surface area contributed by atoms with Crippen molar-refractivity contribution in [1.82, 2.24) is 4.90 Å². The predicted molar refractivity (Wildman–Crippen MR) is 78.0 cm³/mol. The molecule has 0 saturated carbocycles. The molecule has 0 aliphatic carbocycles. The molecule has 0 bridgehead atoms. The van der Waals surface area contributed by atoms with Crippen LogP contribution in [0.5, 0.6) is 5.75 Å². The molecule has 1 fully saturated rings. The molecule has 1 unspecified atom stereocenters. The number of aliphatic carboxylic acids is 1. The highest BCUT2D eigenvalue weighted by Gasteiger charge is 2.20. The number of nitrogens with zero attached hydrogens (tertiary/aromatic N) is 1. The van der Waals surface area contributed by atoms with Crippen LogP contribution in [0.25, 0.3) is 0 Å². The Bertz CT molecular complexity index is 407. The van der Waals surface area contributed by atoms with Gasteiger partial charge in [-0.1, -0.05) is 18.2 Å². The number of hydrogen-bond donors (Lipinski definition) is 1. The first-order valence-corrected chi connectivity index (χ1v) is 7.36. The maximum absolute atomic E-state index is 10.6. The third-order valence-corrected chi connectivity index (χ3v) is 3.79. The summed E-state index contributed by atoms with van der Waals surface area (Å²) in [7, 11) is 0. The van der Waals surface area contributed by atoms with Crippen LogP contribution >= 0.6 is 0 Å². The van der Waals surface area contributed by atoms with Crippen molar-refractivity contribution >= 4 is 5.97 Å². The van der Waals surface area contributed by atoms with Crippen molar-refractivity contribution in [3.8, 4) is 5.75 Å². The molecule has 0 aromatic heterocycles. The number of benzene rings is 1. The lowest BCUT2D eigenvalue weighted by molar-refractivity contribution is -0.137. The molecule has 0 amide bonds. The molecule has 1 atom stereocenters. The third-order valence-electron chi connectivity index (χ3n) is 3.79. The van der Waals surface area contributed by atoms with E-state index in [9.17, 15) is 4.79 Å². The summed E-state index contributed by atoms with van der Waals surface area (Å²) in [6, 6.07) is 9.85. The molecule has 4 nitrogen and oxygen atoms in total. The van der Waals surface area contributed by atoms with Gasteiger partial charge in [0.2, 0.25) is 0 Å². The van der Waals surface area contributed by atoms with E-state index in [0.29, 0.717) is 18.9 Å². The molecule has 0 spiro atoms. The van der Waals surface area contributed by atoms with E-state index in [1.807, 2.05) is 30.3 Å². The Morgan fingerprint density at radius 2 is 2.15 bits per heavy atom. The lowest BCUT2D eigenvalue weighted by Crippen LogP contribution is -2.38. The summed E-state index contributed by atoms with van der Waals surface area (Å²) < 4.78 is 5.71. The van der Waals surface area contributed by atoms with Gasteiger partial charge in [-0.05, 0) is 43.9 Å². The molecule has 20 heavy (non-hydrogen) atoms. The largest absolute Gasteiger partial charge is 0.492 e. The molecule has 1 aliphatic heterocycles. The highest BCUT2D eigenvalue weighted by atomic mass is 16.5. The standard InChI is InChI=1S/C16H23NO3/c18-16(19)9-8-14-5-4-10-17(13-14)11-12-20-15-6-2-1-3-7-15/h1-3,6-7,14H,4-5,8-13H2,(H,18,19). The normalized spacial score (nSPS) is 19.7. The molecule has 0 radical (unpaired) electrons. The van der Waals surface area contributed by atoms with Gasteiger partial charge in [0, 0.05) is 19.5 Å². The van der Waals surface area contributed by atoms with E-state index >= 15 is 0 Å². The molecule has 1 aliphatic rings. The molecule has 1 heterocycles. The summed E-state index contributed by atoms with van der Waals surface area (Å²) in [4.78, 5) is 13.0. The highest BCUT2D eigenvalue weighted by molar-refractivity contribution is 5.66. The van der Waals surface area contributed by atoms with Gasteiger partial charge in [-0.2, -0.15) is 0 Å². The van der Waals surface area contributed by atoms with Crippen molar-refractivity contribution in [2.75, 3.05) is 26.2 Å². The number of para-hydroxylation sites is 1. The van der Waals surface area contributed by atoms with Gasteiger partial charge >= 0.3 is 5.97 Å². The summed E-state index contributed by atoms with van der Waals surface area (Å²) in [5, 5.41) is 8.74. The minimum atomic E-state index is -0.686. The second-order valence-corrected chi connectivity index (χ2v) is 5.40. The zero-order valence-corrected chi connectivity index (χ0v) is 11.8. The van der Waals surface area contributed by atoms with Crippen molar-refractivity contribution in [3.63, 3.8) is 0 Å². The van der Waals surface area contributed by atoms with E-state index in [1.165, 1.54) is 0 Å². The van der Waals surface area contributed by atoms with Gasteiger partial charge in [0.15, 0.2) is 0 Å². The number of piperidine rings is 1. The predicted octanol–water partition coefficient (Wildman–Crippen LogP) is 2.64. The molecule has 1 aromatic carbocycles. The number of rotatable bonds is 7. The van der Waals surface area contributed by atoms with Crippen LogP contribution in [0.4, 0.5) is 0 Å². The van der Waals surface area contributed by atoms with Crippen molar-refractivity contribution < 1.29 is 14.6 Å². The number of ether oxygens (including phenoxy) is 1. The van der Waals surface area contributed by atoms with Crippen LogP contribution in [0.15, 0.2) is 30.3 Å². The maximum atomic E-state index is 10.6. The fourth-order valence-corrected chi connectivity index (χ4v) is 2.73. The van der Waals surface area contributed by atoms with Gasteiger partial charge in [0.05, 0.1) is 0 Å². The second kappa shape index (κ2) is 7.90. The van der Waals surface area contributed by atoms with Gasteiger partial charge in [-0.3, -0.25) is 9.69 Å². The molecule has 2 rings (SSSR count). The van der Waals surface area contributed by atoms with Crippen molar-refractivity contribution in [2.45, 2.75) is 25.7 Å². The van der Waals surface area contributed by atoms with Crippen LogP contribution < -0.4 is 4.74 Å². The van der Waals surface area contributed by atoms with Crippen LogP contribution in [0, 0.1) is 5.92 Å². The average Bonchev–Trinajstić information content (AvgIpc) is 2.47. The van der Waals surface area contributed by atoms with Gasteiger partial charge in [0.25, 0.3) is 0 Å². The molecular weight excluding hydrogens is 254 g/mol. The van der Waals surface area contributed by atoms with Gasteiger partial charge in [-0.25, -0.2) is 0 Å². The maximum Gasteiger partial charge on any atom is 0.303 e. The van der Waals surface area contributed by atoms with E-state index in [4.69, 9.17) is 9.84 Å². The fraction of sp³-hybridized carbons (Fsp3) is 0.562. The van der Waals surface area contributed by atoms with Gasteiger partial charge in [-0.15, -0.1) is 0 Å². The van der Waals surface area contributed by atoms with E-state index in [2.05, 4.69) is 4.90 Å². The van der Waals surface area contributed by atoms with Crippen LogP contribution in [0.1, 0.15) is 25.7 Å². The monoisotopic (exact) mass is 277 g/mol. The van der Waals surface area contributed by atoms with E-state index in [-0.39, 0.29) is 0 Å². The van der Waals surface area contributed by atoms with Crippen LogP contribution in [0.2, 0.25) is 0 Å². The Labute approximate surface area is 120 Å².